The lowest BCUT2D eigenvalue weighted by Gasteiger charge is -2.30. The van der Waals surface area contributed by atoms with Gasteiger partial charge in [-0.2, -0.15) is 0 Å². The van der Waals surface area contributed by atoms with Crippen molar-refractivity contribution in [3.8, 4) is 5.75 Å². The van der Waals surface area contributed by atoms with Crippen LogP contribution in [0.5, 0.6) is 5.75 Å². The van der Waals surface area contributed by atoms with Crippen LogP contribution in [0.15, 0.2) is 78.9 Å². The summed E-state index contributed by atoms with van der Waals surface area (Å²) in [6, 6.07) is 22.0. The molecule has 0 aliphatic carbocycles. The van der Waals surface area contributed by atoms with E-state index in [1.54, 1.807) is 34.6 Å². The Labute approximate surface area is 252 Å². The number of non-ortho nitro benzene ring substituents is 1. The number of carbonyl (C=O) groups excluding carboxylic acids is 2. The quantitative estimate of drug-likeness (QED) is 0.181. The first-order chi connectivity index (χ1) is 20.3. The van der Waals surface area contributed by atoms with E-state index < -0.39 is 46.8 Å². The van der Waals surface area contributed by atoms with E-state index in [-0.39, 0.29) is 12.1 Å². The Balaban J connectivity index is 1.78. The fourth-order valence-corrected chi connectivity index (χ4v) is 4.60. The molecular formula is C33H41N3O7. The summed E-state index contributed by atoms with van der Waals surface area (Å²) in [7, 11) is 0. The molecule has 3 aromatic carbocycles. The number of rotatable bonds is 13. The van der Waals surface area contributed by atoms with Crippen LogP contribution in [0.3, 0.4) is 0 Å². The molecule has 10 nitrogen and oxygen atoms in total. The van der Waals surface area contributed by atoms with Gasteiger partial charge >= 0.3 is 6.09 Å². The highest BCUT2D eigenvalue weighted by Crippen LogP contribution is 2.24. The zero-order valence-corrected chi connectivity index (χ0v) is 25.3. The number of nitrogens with one attached hydrogen (secondary N) is 2. The number of alkyl carbamates (subject to hydrolysis) is 1. The monoisotopic (exact) mass is 591 g/mol. The Morgan fingerprint density at radius 1 is 0.930 bits per heavy atom. The van der Waals surface area contributed by atoms with E-state index in [0.717, 1.165) is 11.1 Å². The molecule has 0 fully saturated rings. The van der Waals surface area contributed by atoms with Crippen LogP contribution in [-0.2, 0) is 22.4 Å². The highest BCUT2D eigenvalue weighted by molar-refractivity contribution is 5.81. The molecule has 0 spiro atoms. The Bertz CT molecular complexity index is 1360. The standard InChI is InChI=1S/C33H41N3O7/c1-22-18-27(36(40)41)16-17-30(22)42-23(2)31(38)35-28(20-25-14-10-7-11-15-25)29(37)21-26(19-24-12-8-6-9-13-24)34-32(39)43-33(3,4)5/h6-18,23,26,28-29,37H,19-21H2,1-5H3,(H,34,39)(H,35,38). The summed E-state index contributed by atoms with van der Waals surface area (Å²) < 4.78 is 11.3. The molecule has 230 valence electrons. The van der Waals surface area contributed by atoms with Gasteiger partial charge in [0.25, 0.3) is 11.6 Å². The number of nitro benzene ring substituents is 1. The summed E-state index contributed by atoms with van der Waals surface area (Å²) in [5.74, 6) is -0.115. The molecule has 3 aromatic rings. The summed E-state index contributed by atoms with van der Waals surface area (Å²) in [4.78, 5) is 36.6. The van der Waals surface area contributed by atoms with Gasteiger partial charge in [0.15, 0.2) is 6.10 Å². The lowest BCUT2D eigenvalue weighted by atomic mass is 9.93. The lowest BCUT2D eigenvalue weighted by Crippen LogP contribution is -2.51. The van der Waals surface area contributed by atoms with Crippen molar-refractivity contribution in [2.24, 2.45) is 0 Å². The maximum atomic E-state index is 13.3. The predicted octanol–water partition coefficient (Wildman–Crippen LogP) is 5.29. The number of nitrogens with zero attached hydrogens (tertiary/aromatic N) is 1. The van der Waals surface area contributed by atoms with E-state index in [0.29, 0.717) is 24.2 Å². The topological polar surface area (TPSA) is 140 Å². The minimum absolute atomic E-state index is 0.0712. The third kappa shape index (κ3) is 11.1. The summed E-state index contributed by atoms with van der Waals surface area (Å²) in [5, 5.41) is 28.4. The molecule has 43 heavy (non-hydrogen) atoms. The van der Waals surface area contributed by atoms with Crippen molar-refractivity contribution in [2.45, 2.75) is 83.8 Å². The molecule has 0 aliphatic rings. The van der Waals surface area contributed by atoms with Gasteiger partial charge in [-0.3, -0.25) is 14.9 Å². The highest BCUT2D eigenvalue weighted by atomic mass is 16.6. The SMILES string of the molecule is Cc1cc([N+](=O)[O-])ccc1OC(C)C(=O)NC(Cc1ccccc1)C(O)CC(Cc1ccccc1)NC(=O)OC(C)(C)C. The maximum Gasteiger partial charge on any atom is 0.407 e. The molecule has 0 heterocycles. The number of aliphatic hydroxyl groups is 1. The molecule has 2 amide bonds. The van der Waals surface area contributed by atoms with E-state index in [1.165, 1.54) is 18.2 Å². The van der Waals surface area contributed by atoms with Gasteiger partial charge in [-0.15, -0.1) is 0 Å². The Kier molecular flexibility index (Phi) is 11.7. The van der Waals surface area contributed by atoms with Crippen molar-refractivity contribution >= 4 is 17.7 Å². The Morgan fingerprint density at radius 2 is 1.51 bits per heavy atom. The van der Waals surface area contributed by atoms with Gasteiger partial charge in [0.2, 0.25) is 0 Å². The van der Waals surface area contributed by atoms with Crippen LogP contribution in [0.25, 0.3) is 0 Å². The second-order valence-corrected chi connectivity index (χ2v) is 11.6. The normalized spacial score (nSPS) is 14.1. The van der Waals surface area contributed by atoms with Gasteiger partial charge < -0.3 is 25.2 Å². The Hall–Kier alpha value is -4.44. The average molecular weight is 592 g/mol. The molecule has 0 radical (unpaired) electrons. The van der Waals surface area contributed by atoms with E-state index in [1.807, 2.05) is 60.7 Å². The maximum absolute atomic E-state index is 13.3. The van der Waals surface area contributed by atoms with Crippen molar-refractivity contribution in [1.82, 2.24) is 10.6 Å². The molecule has 0 saturated heterocycles. The largest absolute Gasteiger partial charge is 0.481 e. The number of benzene rings is 3. The van der Waals surface area contributed by atoms with Crippen LogP contribution in [0.4, 0.5) is 10.5 Å². The molecule has 0 aromatic heterocycles. The smallest absolute Gasteiger partial charge is 0.407 e. The molecule has 0 bridgehead atoms. The van der Waals surface area contributed by atoms with Crippen LogP contribution in [0, 0.1) is 17.0 Å². The average Bonchev–Trinajstić information content (AvgIpc) is 2.93. The molecular weight excluding hydrogens is 550 g/mol. The first-order valence-electron chi connectivity index (χ1n) is 14.3. The molecule has 10 heteroatoms. The number of carbonyl (C=O) groups is 2. The van der Waals surface area contributed by atoms with Gasteiger partial charge in [0.05, 0.1) is 17.1 Å². The second kappa shape index (κ2) is 15.2. The summed E-state index contributed by atoms with van der Waals surface area (Å²) >= 11 is 0. The molecule has 3 rings (SSSR count). The van der Waals surface area contributed by atoms with Gasteiger partial charge in [0.1, 0.15) is 11.4 Å². The fraction of sp³-hybridized carbons (Fsp3) is 0.394. The summed E-state index contributed by atoms with van der Waals surface area (Å²) in [5.41, 5.74) is 1.64. The molecule has 0 aliphatic heterocycles. The van der Waals surface area contributed by atoms with Crippen LogP contribution in [0.1, 0.15) is 50.8 Å². The zero-order valence-electron chi connectivity index (χ0n) is 25.3. The first kappa shape index (κ1) is 33.1. The van der Waals surface area contributed by atoms with Gasteiger partial charge in [-0.05, 0) is 76.6 Å². The minimum Gasteiger partial charge on any atom is -0.481 e. The lowest BCUT2D eigenvalue weighted by molar-refractivity contribution is -0.384. The Morgan fingerprint density at radius 3 is 2.05 bits per heavy atom. The van der Waals surface area contributed by atoms with Gasteiger partial charge in [-0.1, -0.05) is 60.7 Å². The van der Waals surface area contributed by atoms with Crippen molar-refractivity contribution < 1.29 is 29.1 Å². The van der Waals surface area contributed by atoms with Crippen molar-refractivity contribution in [3.63, 3.8) is 0 Å². The fourth-order valence-electron chi connectivity index (χ4n) is 4.60. The van der Waals surface area contributed by atoms with Crippen molar-refractivity contribution in [3.05, 3.63) is 106 Å². The van der Waals surface area contributed by atoms with E-state index in [9.17, 15) is 24.8 Å². The van der Waals surface area contributed by atoms with Crippen molar-refractivity contribution in [1.29, 1.82) is 0 Å². The second-order valence-electron chi connectivity index (χ2n) is 11.6. The molecule has 4 atom stereocenters. The number of aliphatic hydroxyl groups excluding tert-OH is 1. The van der Waals surface area contributed by atoms with Crippen LogP contribution >= 0.6 is 0 Å². The van der Waals surface area contributed by atoms with Gasteiger partial charge in [0, 0.05) is 18.2 Å². The number of aryl methyl sites for hydroxylation is 1. The summed E-state index contributed by atoms with van der Waals surface area (Å²) in [6.07, 6.45) is -1.66. The van der Waals surface area contributed by atoms with E-state index in [4.69, 9.17) is 9.47 Å². The zero-order chi connectivity index (χ0) is 31.6. The third-order valence-electron chi connectivity index (χ3n) is 6.70. The summed E-state index contributed by atoms with van der Waals surface area (Å²) in [6.45, 7) is 8.57. The van der Waals surface area contributed by atoms with Crippen LogP contribution < -0.4 is 15.4 Å². The van der Waals surface area contributed by atoms with E-state index in [2.05, 4.69) is 10.6 Å². The molecule has 0 saturated carbocycles. The minimum atomic E-state index is -1.04. The number of nitro groups is 1. The highest BCUT2D eigenvalue weighted by Gasteiger charge is 2.29. The van der Waals surface area contributed by atoms with Crippen LogP contribution in [-0.4, -0.2) is 51.9 Å². The van der Waals surface area contributed by atoms with Crippen molar-refractivity contribution in [2.75, 3.05) is 0 Å². The number of ether oxygens (including phenoxy) is 2. The van der Waals surface area contributed by atoms with Crippen LogP contribution in [0.2, 0.25) is 0 Å². The first-order valence-corrected chi connectivity index (χ1v) is 14.3. The molecule has 4 unspecified atom stereocenters. The van der Waals surface area contributed by atoms with E-state index >= 15 is 0 Å². The predicted molar refractivity (Wildman–Crippen MR) is 164 cm³/mol. The van der Waals surface area contributed by atoms with Gasteiger partial charge in [-0.25, -0.2) is 4.79 Å². The third-order valence-corrected chi connectivity index (χ3v) is 6.70. The molecule has 3 N–H and O–H groups in total. The number of amides is 2. The number of hydrogen-bond acceptors (Lipinski definition) is 7. The number of hydrogen-bond donors (Lipinski definition) is 3.